The second-order valence-corrected chi connectivity index (χ2v) is 7.62. The molecule has 0 bridgehead atoms. The Morgan fingerprint density at radius 3 is 2.55 bits per heavy atom. The third-order valence-electron chi connectivity index (χ3n) is 5.41. The van der Waals surface area contributed by atoms with Gasteiger partial charge in [-0.15, -0.1) is 10.2 Å². The van der Waals surface area contributed by atoms with Crippen LogP contribution in [-0.2, 0) is 19.6 Å². The molecule has 0 saturated heterocycles. The van der Waals surface area contributed by atoms with E-state index in [9.17, 15) is 4.79 Å². The summed E-state index contributed by atoms with van der Waals surface area (Å²) < 4.78 is 5.54. The summed E-state index contributed by atoms with van der Waals surface area (Å²) in [5.41, 5.74) is 2.93. The Balaban J connectivity index is 1.45. The van der Waals surface area contributed by atoms with Crippen LogP contribution in [-0.4, -0.2) is 40.9 Å². The van der Waals surface area contributed by atoms with Gasteiger partial charge >= 0.3 is 0 Å². The van der Waals surface area contributed by atoms with E-state index in [-0.39, 0.29) is 5.56 Å². The second kappa shape index (κ2) is 7.81. The van der Waals surface area contributed by atoms with Crippen LogP contribution in [0.3, 0.4) is 0 Å². The second-order valence-electron chi connectivity index (χ2n) is 7.62. The van der Waals surface area contributed by atoms with Gasteiger partial charge in [0.25, 0.3) is 5.56 Å². The molecular weight excluding hydrogens is 390 g/mol. The van der Waals surface area contributed by atoms with Crippen LogP contribution in [0.2, 0.25) is 0 Å². The summed E-state index contributed by atoms with van der Waals surface area (Å²) >= 11 is 0. The molecule has 0 saturated carbocycles. The van der Waals surface area contributed by atoms with Gasteiger partial charge in [0.05, 0.1) is 29.3 Å². The van der Waals surface area contributed by atoms with E-state index in [4.69, 9.17) is 0 Å². The highest BCUT2D eigenvalue weighted by molar-refractivity contribution is 5.80. The lowest BCUT2D eigenvalue weighted by molar-refractivity contribution is 0.310. The highest BCUT2D eigenvalue weighted by Gasteiger charge is 2.17. The first-order valence-corrected chi connectivity index (χ1v) is 10.3. The molecular formula is C23H23N7O. The number of nitrogens with zero attached hydrogens (tertiary/aromatic N) is 7. The van der Waals surface area contributed by atoms with Crippen LogP contribution in [0.4, 0.5) is 0 Å². The molecule has 3 aromatic heterocycles. The van der Waals surface area contributed by atoms with E-state index in [0.29, 0.717) is 30.8 Å². The fourth-order valence-electron chi connectivity index (χ4n) is 3.97. The van der Waals surface area contributed by atoms with Crippen molar-refractivity contribution in [3.8, 4) is 5.69 Å². The Morgan fingerprint density at radius 1 is 0.968 bits per heavy atom. The SMILES string of the molecule is CCn1c(=O)c2ccccc2n2c(CN(C)Cc3cnn(-c4ccccc4)c3)nnc12. The Morgan fingerprint density at radius 2 is 1.74 bits per heavy atom. The van der Waals surface area contributed by atoms with Gasteiger partial charge in [-0.1, -0.05) is 30.3 Å². The van der Waals surface area contributed by atoms with Crippen LogP contribution in [0.1, 0.15) is 18.3 Å². The molecule has 0 aliphatic rings. The topological polar surface area (TPSA) is 73.2 Å². The molecule has 0 amide bonds. The molecule has 8 nitrogen and oxygen atoms in total. The molecule has 0 spiro atoms. The molecule has 3 heterocycles. The highest BCUT2D eigenvalue weighted by Crippen LogP contribution is 2.16. The molecule has 5 aromatic rings. The van der Waals surface area contributed by atoms with Crippen molar-refractivity contribution in [3.63, 3.8) is 0 Å². The zero-order chi connectivity index (χ0) is 21.4. The fourth-order valence-corrected chi connectivity index (χ4v) is 3.97. The lowest BCUT2D eigenvalue weighted by atomic mass is 10.2. The average molecular weight is 413 g/mol. The molecule has 2 aromatic carbocycles. The first-order chi connectivity index (χ1) is 15.2. The van der Waals surface area contributed by atoms with E-state index in [1.54, 1.807) is 4.57 Å². The molecule has 8 heteroatoms. The van der Waals surface area contributed by atoms with Gasteiger partial charge in [-0.25, -0.2) is 4.68 Å². The van der Waals surface area contributed by atoms with E-state index in [0.717, 1.165) is 22.6 Å². The summed E-state index contributed by atoms with van der Waals surface area (Å²) in [5, 5.41) is 13.9. The molecule has 0 unspecified atom stereocenters. The maximum Gasteiger partial charge on any atom is 0.262 e. The average Bonchev–Trinajstić information content (AvgIpc) is 3.42. The van der Waals surface area contributed by atoms with Gasteiger partial charge in [0, 0.05) is 24.8 Å². The number of para-hydroxylation sites is 2. The van der Waals surface area contributed by atoms with Crippen molar-refractivity contribution in [2.24, 2.45) is 0 Å². The van der Waals surface area contributed by atoms with E-state index >= 15 is 0 Å². The Hall–Kier alpha value is -3.78. The minimum atomic E-state index is -0.0359. The summed E-state index contributed by atoms with van der Waals surface area (Å²) in [7, 11) is 2.04. The number of hydrogen-bond donors (Lipinski definition) is 0. The molecule has 0 radical (unpaired) electrons. The third kappa shape index (κ3) is 3.40. The number of benzene rings is 2. The van der Waals surface area contributed by atoms with Gasteiger partial charge < -0.3 is 0 Å². The zero-order valence-corrected chi connectivity index (χ0v) is 17.5. The van der Waals surface area contributed by atoms with Gasteiger partial charge in [-0.2, -0.15) is 5.10 Å². The Bertz CT molecular complexity index is 1410. The van der Waals surface area contributed by atoms with Crippen LogP contribution >= 0.6 is 0 Å². The summed E-state index contributed by atoms with van der Waals surface area (Å²) in [4.78, 5) is 15.0. The molecule has 31 heavy (non-hydrogen) atoms. The number of aromatic nitrogens is 6. The van der Waals surface area contributed by atoms with Crippen molar-refractivity contribution in [1.82, 2.24) is 33.8 Å². The molecule has 0 aliphatic carbocycles. The van der Waals surface area contributed by atoms with Crippen LogP contribution in [0.25, 0.3) is 22.4 Å². The molecule has 0 fully saturated rings. The largest absolute Gasteiger partial charge is 0.295 e. The lowest BCUT2D eigenvalue weighted by Gasteiger charge is -2.15. The predicted molar refractivity (Wildman–Crippen MR) is 119 cm³/mol. The predicted octanol–water partition coefficient (Wildman–Crippen LogP) is 2.88. The minimum absolute atomic E-state index is 0.0359. The zero-order valence-electron chi connectivity index (χ0n) is 17.5. The van der Waals surface area contributed by atoms with Gasteiger partial charge in [-0.05, 0) is 38.2 Å². The van der Waals surface area contributed by atoms with Crippen molar-refractivity contribution in [2.45, 2.75) is 26.6 Å². The smallest absolute Gasteiger partial charge is 0.262 e. The maximum absolute atomic E-state index is 12.8. The first kappa shape index (κ1) is 19.2. The lowest BCUT2D eigenvalue weighted by Crippen LogP contribution is -2.24. The van der Waals surface area contributed by atoms with E-state index in [1.165, 1.54) is 0 Å². The van der Waals surface area contributed by atoms with Crippen LogP contribution in [0.5, 0.6) is 0 Å². The van der Waals surface area contributed by atoms with E-state index < -0.39 is 0 Å². The van der Waals surface area contributed by atoms with Crippen molar-refractivity contribution in [1.29, 1.82) is 0 Å². The monoisotopic (exact) mass is 413 g/mol. The summed E-state index contributed by atoms with van der Waals surface area (Å²) in [5.74, 6) is 1.37. The van der Waals surface area contributed by atoms with Crippen molar-refractivity contribution >= 4 is 16.7 Å². The van der Waals surface area contributed by atoms with E-state index in [1.807, 2.05) is 90.0 Å². The quantitative estimate of drug-likeness (QED) is 0.428. The number of fused-ring (bicyclic) bond motifs is 3. The van der Waals surface area contributed by atoms with Gasteiger partial charge in [0.1, 0.15) is 0 Å². The van der Waals surface area contributed by atoms with Crippen LogP contribution < -0.4 is 5.56 Å². The molecule has 156 valence electrons. The molecule has 0 aliphatic heterocycles. The van der Waals surface area contributed by atoms with E-state index in [2.05, 4.69) is 20.2 Å². The molecule has 0 N–H and O–H groups in total. The summed E-state index contributed by atoms with van der Waals surface area (Å²) in [6.07, 6.45) is 3.92. The Kier molecular flexibility index (Phi) is 4.83. The number of rotatable bonds is 6. The summed E-state index contributed by atoms with van der Waals surface area (Å²) in [6, 6.07) is 17.7. The minimum Gasteiger partial charge on any atom is -0.295 e. The van der Waals surface area contributed by atoms with Crippen molar-refractivity contribution in [3.05, 3.63) is 88.7 Å². The van der Waals surface area contributed by atoms with Crippen LogP contribution in [0.15, 0.2) is 71.8 Å². The van der Waals surface area contributed by atoms with Crippen LogP contribution in [0, 0.1) is 0 Å². The number of aryl methyl sites for hydroxylation is 1. The first-order valence-electron chi connectivity index (χ1n) is 10.3. The third-order valence-corrected chi connectivity index (χ3v) is 5.41. The fraction of sp³-hybridized carbons (Fsp3) is 0.217. The van der Waals surface area contributed by atoms with Gasteiger partial charge in [0.15, 0.2) is 5.82 Å². The normalized spacial score (nSPS) is 11.7. The van der Waals surface area contributed by atoms with Gasteiger partial charge in [-0.3, -0.25) is 18.7 Å². The summed E-state index contributed by atoms with van der Waals surface area (Å²) in [6.45, 7) is 3.79. The standard InChI is InChI=1S/C23H23N7O/c1-3-28-22(31)19-11-7-8-12-20(19)30-21(25-26-23(28)30)16-27(2)14-17-13-24-29(15-17)18-9-5-4-6-10-18/h4-13,15H,3,14,16H2,1-2H3. The van der Waals surface area contributed by atoms with Gasteiger partial charge in [0.2, 0.25) is 5.78 Å². The molecule has 5 rings (SSSR count). The number of hydrogen-bond acceptors (Lipinski definition) is 5. The molecule has 0 atom stereocenters. The highest BCUT2D eigenvalue weighted by atomic mass is 16.1. The Labute approximate surface area is 179 Å². The maximum atomic E-state index is 12.8. The van der Waals surface area contributed by atoms with Crippen molar-refractivity contribution in [2.75, 3.05) is 7.05 Å². The van der Waals surface area contributed by atoms with Crippen molar-refractivity contribution < 1.29 is 0 Å².